The minimum absolute atomic E-state index is 0.306. The maximum absolute atomic E-state index is 12.2. The van der Waals surface area contributed by atoms with Gasteiger partial charge in [0.1, 0.15) is 18.0 Å². The summed E-state index contributed by atoms with van der Waals surface area (Å²) in [5.41, 5.74) is 0.311. The van der Waals surface area contributed by atoms with Gasteiger partial charge in [-0.2, -0.15) is 0 Å². The van der Waals surface area contributed by atoms with Crippen LogP contribution in [0.4, 0.5) is 0 Å². The number of carboxylic acids is 1. The van der Waals surface area contributed by atoms with Crippen LogP contribution in [-0.4, -0.2) is 49.2 Å². The normalized spacial score (nSPS) is 9.84. The monoisotopic (exact) mass is 267 g/mol. The lowest BCUT2D eigenvalue weighted by Crippen LogP contribution is -2.35. The number of nitrogens with zero attached hydrogens (tertiary/aromatic N) is 1. The van der Waals surface area contributed by atoms with E-state index in [-0.39, 0.29) is 12.5 Å². The van der Waals surface area contributed by atoms with Crippen LogP contribution in [0.25, 0.3) is 0 Å². The quantitative estimate of drug-likeness (QED) is 0.839. The number of methoxy groups -OCH3 is 2. The lowest BCUT2D eigenvalue weighted by atomic mass is 10.1. The Balaban J connectivity index is 3.06. The first kappa shape index (κ1) is 14.8. The van der Waals surface area contributed by atoms with Crippen LogP contribution in [0.2, 0.25) is 0 Å². The Labute approximate surface area is 111 Å². The number of carboxylic acid groups (broad SMARTS) is 1. The number of carbonyl (C=O) groups is 2. The number of likely N-dealkylation sites (N-methyl/N-ethyl adjacent to an activating group) is 1. The fraction of sp³-hybridized carbons (Fsp3) is 0.385. The maximum Gasteiger partial charge on any atom is 0.323 e. The highest BCUT2D eigenvalue weighted by molar-refractivity contribution is 5.98. The summed E-state index contributed by atoms with van der Waals surface area (Å²) < 4.78 is 10.2. The van der Waals surface area contributed by atoms with Gasteiger partial charge in [0.25, 0.3) is 5.91 Å². The molecule has 0 heterocycles. The second-order valence-electron chi connectivity index (χ2n) is 3.78. The van der Waals surface area contributed by atoms with Crippen molar-refractivity contribution in [3.63, 3.8) is 0 Å². The highest BCUT2D eigenvalue weighted by Gasteiger charge is 2.20. The van der Waals surface area contributed by atoms with E-state index in [1.807, 2.05) is 0 Å². The molecule has 0 aliphatic carbocycles. The molecule has 6 heteroatoms. The van der Waals surface area contributed by atoms with E-state index < -0.39 is 5.97 Å². The molecule has 6 nitrogen and oxygen atoms in total. The lowest BCUT2D eigenvalue weighted by molar-refractivity contribution is -0.137. The van der Waals surface area contributed by atoms with E-state index in [0.29, 0.717) is 23.6 Å². The number of hydrogen-bond donors (Lipinski definition) is 1. The molecule has 1 aromatic carbocycles. The minimum atomic E-state index is -1.05. The lowest BCUT2D eigenvalue weighted by Gasteiger charge is -2.20. The second-order valence-corrected chi connectivity index (χ2v) is 3.78. The smallest absolute Gasteiger partial charge is 0.323 e. The van der Waals surface area contributed by atoms with Gasteiger partial charge in [0.15, 0.2) is 0 Å². The molecule has 0 fully saturated rings. The van der Waals surface area contributed by atoms with Crippen molar-refractivity contribution in [2.45, 2.75) is 6.92 Å². The maximum atomic E-state index is 12.2. The summed E-state index contributed by atoms with van der Waals surface area (Å²) in [6, 6.07) is 4.77. The van der Waals surface area contributed by atoms with E-state index in [9.17, 15) is 9.59 Å². The highest BCUT2D eigenvalue weighted by atomic mass is 16.5. The van der Waals surface area contributed by atoms with Crippen LogP contribution in [0.5, 0.6) is 11.5 Å². The molecule has 1 aromatic rings. The van der Waals surface area contributed by atoms with E-state index in [4.69, 9.17) is 14.6 Å². The molecule has 1 N–H and O–H groups in total. The number of hydrogen-bond acceptors (Lipinski definition) is 4. The molecule has 19 heavy (non-hydrogen) atoms. The summed E-state index contributed by atoms with van der Waals surface area (Å²) in [4.78, 5) is 24.2. The molecule has 0 radical (unpaired) electrons. The molecule has 1 amide bonds. The largest absolute Gasteiger partial charge is 0.497 e. The van der Waals surface area contributed by atoms with Crippen LogP contribution in [-0.2, 0) is 4.79 Å². The third-order valence-corrected chi connectivity index (χ3v) is 2.63. The average molecular weight is 267 g/mol. The molecular weight excluding hydrogens is 250 g/mol. The van der Waals surface area contributed by atoms with Crippen molar-refractivity contribution in [2.24, 2.45) is 0 Å². The molecule has 0 saturated carbocycles. The number of rotatable bonds is 6. The Hall–Kier alpha value is -2.24. The van der Waals surface area contributed by atoms with Gasteiger partial charge < -0.3 is 19.5 Å². The van der Waals surface area contributed by atoms with E-state index in [0.717, 1.165) is 0 Å². The van der Waals surface area contributed by atoms with Crippen LogP contribution in [0.1, 0.15) is 17.3 Å². The first-order valence-electron chi connectivity index (χ1n) is 5.76. The molecule has 0 aliphatic heterocycles. The molecule has 0 bridgehead atoms. The topological polar surface area (TPSA) is 76.1 Å². The number of aliphatic carboxylic acids is 1. The third kappa shape index (κ3) is 3.61. The van der Waals surface area contributed by atoms with Gasteiger partial charge in [-0.15, -0.1) is 0 Å². The second kappa shape index (κ2) is 6.63. The van der Waals surface area contributed by atoms with Crippen molar-refractivity contribution in [2.75, 3.05) is 27.3 Å². The van der Waals surface area contributed by atoms with Gasteiger partial charge in [-0.05, 0) is 19.1 Å². The van der Waals surface area contributed by atoms with Crippen molar-refractivity contribution >= 4 is 11.9 Å². The summed E-state index contributed by atoms with van der Waals surface area (Å²) in [6.07, 6.45) is 0. The molecule has 0 aliphatic rings. The Morgan fingerprint density at radius 2 is 1.95 bits per heavy atom. The van der Waals surface area contributed by atoms with Gasteiger partial charge in [-0.1, -0.05) is 0 Å². The highest BCUT2D eigenvalue weighted by Crippen LogP contribution is 2.25. The molecule has 0 unspecified atom stereocenters. The van der Waals surface area contributed by atoms with Crippen LogP contribution in [0, 0.1) is 0 Å². The standard InChI is InChI=1S/C13H17NO5/c1-4-14(8-12(15)16)13(17)10-6-5-9(18-2)7-11(10)19-3/h5-7H,4,8H2,1-3H3,(H,15,16). The van der Waals surface area contributed by atoms with Crippen molar-refractivity contribution in [3.05, 3.63) is 23.8 Å². The molecule has 0 atom stereocenters. The van der Waals surface area contributed by atoms with E-state index in [1.165, 1.54) is 19.1 Å². The van der Waals surface area contributed by atoms with Gasteiger partial charge in [0.05, 0.1) is 19.8 Å². The van der Waals surface area contributed by atoms with Crippen LogP contribution < -0.4 is 9.47 Å². The first-order valence-corrected chi connectivity index (χ1v) is 5.76. The van der Waals surface area contributed by atoms with Gasteiger partial charge in [0.2, 0.25) is 0 Å². The fourth-order valence-electron chi connectivity index (χ4n) is 1.64. The molecule has 104 valence electrons. The number of benzene rings is 1. The van der Waals surface area contributed by atoms with Crippen LogP contribution >= 0.6 is 0 Å². The average Bonchev–Trinajstić information content (AvgIpc) is 2.42. The third-order valence-electron chi connectivity index (χ3n) is 2.63. The molecular formula is C13H17NO5. The summed E-state index contributed by atoms with van der Waals surface area (Å²) >= 11 is 0. The van der Waals surface area contributed by atoms with Crippen molar-refractivity contribution in [1.82, 2.24) is 4.90 Å². The Bertz CT molecular complexity index is 472. The van der Waals surface area contributed by atoms with E-state index in [1.54, 1.807) is 25.1 Å². The molecule has 0 spiro atoms. The van der Waals surface area contributed by atoms with E-state index >= 15 is 0 Å². The Morgan fingerprint density at radius 3 is 2.42 bits per heavy atom. The minimum Gasteiger partial charge on any atom is -0.497 e. The SMILES string of the molecule is CCN(CC(=O)O)C(=O)c1ccc(OC)cc1OC. The van der Waals surface area contributed by atoms with Crippen molar-refractivity contribution in [3.8, 4) is 11.5 Å². The van der Waals surface area contributed by atoms with Crippen LogP contribution in [0.3, 0.4) is 0 Å². The first-order chi connectivity index (χ1) is 9.03. The summed E-state index contributed by atoms with van der Waals surface area (Å²) in [6.45, 7) is 1.68. The zero-order valence-corrected chi connectivity index (χ0v) is 11.2. The van der Waals surface area contributed by atoms with Gasteiger partial charge >= 0.3 is 5.97 Å². The Morgan fingerprint density at radius 1 is 1.26 bits per heavy atom. The van der Waals surface area contributed by atoms with Crippen molar-refractivity contribution in [1.29, 1.82) is 0 Å². The number of carbonyl (C=O) groups excluding carboxylic acids is 1. The van der Waals surface area contributed by atoms with Gasteiger partial charge in [-0.25, -0.2) is 0 Å². The van der Waals surface area contributed by atoms with Crippen molar-refractivity contribution < 1.29 is 24.2 Å². The van der Waals surface area contributed by atoms with E-state index in [2.05, 4.69) is 0 Å². The number of ether oxygens (including phenoxy) is 2. The zero-order chi connectivity index (χ0) is 14.4. The van der Waals surface area contributed by atoms with Gasteiger partial charge in [0, 0.05) is 12.6 Å². The van der Waals surface area contributed by atoms with Gasteiger partial charge in [-0.3, -0.25) is 9.59 Å². The summed E-state index contributed by atoms with van der Waals surface area (Å²) in [5.74, 6) is -0.519. The predicted molar refractivity (Wildman–Crippen MR) is 68.8 cm³/mol. The summed E-state index contributed by atoms with van der Waals surface area (Å²) in [7, 11) is 2.96. The number of amides is 1. The molecule has 0 aromatic heterocycles. The zero-order valence-electron chi connectivity index (χ0n) is 11.2. The molecule has 0 saturated heterocycles. The van der Waals surface area contributed by atoms with Crippen LogP contribution in [0.15, 0.2) is 18.2 Å². The fourth-order valence-corrected chi connectivity index (χ4v) is 1.64. The summed E-state index contributed by atoms with van der Waals surface area (Å²) in [5, 5.41) is 8.77. The molecule has 1 rings (SSSR count). The Kier molecular flexibility index (Phi) is 5.17. The predicted octanol–water partition coefficient (Wildman–Crippen LogP) is 1.25.